The minimum absolute atomic E-state index is 0.125. The number of ether oxygens (including phenoxy) is 2. The molecule has 1 heterocycles. The van der Waals surface area contributed by atoms with Gasteiger partial charge in [-0.25, -0.2) is 0 Å². The van der Waals surface area contributed by atoms with Gasteiger partial charge in [0.15, 0.2) is 0 Å². The maximum atomic E-state index is 12.0. The molecule has 2 aromatic rings. The molecule has 1 aromatic carbocycles. The van der Waals surface area contributed by atoms with E-state index in [4.69, 9.17) is 32.7 Å². The molecule has 0 aliphatic heterocycles. The number of nitrogens with zero attached hydrogens (tertiary/aromatic N) is 1. The third-order valence-electron chi connectivity index (χ3n) is 2.75. The monoisotopic (exact) mass is 349 g/mol. The fourth-order valence-corrected chi connectivity index (χ4v) is 3.27. The van der Waals surface area contributed by atoms with Crippen molar-refractivity contribution in [3.63, 3.8) is 0 Å². The fraction of sp³-hybridized carbons (Fsp3) is 0.385. The number of methoxy groups -OCH3 is 1. The highest BCUT2D eigenvalue weighted by molar-refractivity contribution is 7.16. The Morgan fingerprint density at radius 2 is 2.24 bits per heavy atom. The Bertz CT molecular complexity index is 697. The topological polar surface area (TPSA) is 57.5 Å². The Morgan fingerprint density at radius 1 is 1.48 bits per heavy atom. The number of carbonyl (C=O) groups is 1. The number of fused-ring (bicyclic) bond motifs is 1. The summed E-state index contributed by atoms with van der Waals surface area (Å²) in [5.74, 6) is -0.431. The van der Waals surface area contributed by atoms with Crippen molar-refractivity contribution >= 4 is 50.7 Å². The minimum Gasteiger partial charge on any atom is -0.457 e. The molecule has 0 spiro atoms. The van der Waals surface area contributed by atoms with Gasteiger partial charge in [-0.2, -0.15) is 0 Å². The van der Waals surface area contributed by atoms with Crippen LogP contribution in [0.15, 0.2) is 23.0 Å². The van der Waals surface area contributed by atoms with E-state index in [1.165, 1.54) is 11.7 Å². The number of carbonyl (C=O) groups excluding carboxylic acids is 1. The zero-order valence-corrected chi connectivity index (χ0v) is 13.5. The van der Waals surface area contributed by atoms with Crippen LogP contribution in [0, 0.1) is 0 Å². The molecule has 0 fully saturated rings. The van der Waals surface area contributed by atoms with Crippen molar-refractivity contribution in [3.05, 3.63) is 32.9 Å². The first-order valence-electron chi connectivity index (χ1n) is 6.09. The third-order valence-corrected chi connectivity index (χ3v) is 4.34. The predicted molar refractivity (Wildman–Crippen MR) is 83.6 cm³/mol. The Balaban J connectivity index is 2.22. The van der Waals surface area contributed by atoms with Gasteiger partial charge < -0.3 is 9.47 Å². The number of halogens is 2. The molecule has 21 heavy (non-hydrogen) atoms. The SMILES string of the molecule is COC[C@H](CCl)OC(=O)Cn1c(=O)sc2cccc(Cl)c21. The molecule has 0 saturated carbocycles. The van der Waals surface area contributed by atoms with E-state index < -0.39 is 12.1 Å². The van der Waals surface area contributed by atoms with Crippen LogP contribution in [0.2, 0.25) is 5.02 Å². The van der Waals surface area contributed by atoms with Crippen LogP contribution in [0.4, 0.5) is 0 Å². The van der Waals surface area contributed by atoms with Gasteiger partial charge in [0.2, 0.25) is 0 Å². The molecule has 0 saturated heterocycles. The second-order valence-electron chi connectivity index (χ2n) is 4.26. The molecule has 1 aromatic heterocycles. The Hall–Kier alpha value is -1.08. The van der Waals surface area contributed by atoms with Crippen LogP contribution in [-0.2, 0) is 20.8 Å². The molecule has 0 radical (unpaired) electrons. The molecule has 0 aliphatic carbocycles. The summed E-state index contributed by atoms with van der Waals surface area (Å²) in [6.07, 6.45) is -0.541. The quantitative estimate of drug-likeness (QED) is 0.593. The molecule has 2 rings (SSSR count). The van der Waals surface area contributed by atoms with E-state index in [2.05, 4.69) is 0 Å². The molecule has 0 N–H and O–H groups in total. The number of hydrogen-bond donors (Lipinski definition) is 0. The average Bonchev–Trinajstić information content (AvgIpc) is 2.76. The van der Waals surface area contributed by atoms with Crippen LogP contribution in [0.1, 0.15) is 0 Å². The van der Waals surface area contributed by atoms with Gasteiger partial charge >= 0.3 is 10.8 Å². The lowest BCUT2D eigenvalue weighted by Crippen LogP contribution is -2.28. The second kappa shape index (κ2) is 7.26. The molecule has 0 aliphatic rings. The highest BCUT2D eigenvalue weighted by atomic mass is 35.5. The maximum Gasteiger partial charge on any atom is 0.326 e. The summed E-state index contributed by atoms with van der Waals surface area (Å²) in [6.45, 7) is -0.00501. The summed E-state index contributed by atoms with van der Waals surface area (Å²) in [5.41, 5.74) is 0.542. The number of rotatable bonds is 6. The first-order valence-corrected chi connectivity index (χ1v) is 7.82. The Kier molecular flexibility index (Phi) is 5.64. The van der Waals surface area contributed by atoms with Gasteiger partial charge in [0.1, 0.15) is 12.6 Å². The number of alkyl halides is 1. The van der Waals surface area contributed by atoms with Crippen LogP contribution in [0.5, 0.6) is 0 Å². The van der Waals surface area contributed by atoms with Gasteiger partial charge in [0.25, 0.3) is 0 Å². The Labute approximate surface area is 135 Å². The van der Waals surface area contributed by atoms with Crippen LogP contribution < -0.4 is 4.87 Å². The number of para-hydroxylation sites is 1. The summed E-state index contributed by atoms with van der Waals surface area (Å²) in [5, 5.41) is 0.421. The van der Waals surface area contributed by atoms with Crippen LogP contribution in [0.3, 0.4) is 0 Å². The number of aromatic nitrogens is 1. The third kappa shape index (κ3) is 3.77. The van der Waals surface area contributed by atoms with Crippen molar-refractivity contribution in [2.24, 2.45) is 0 Å². The van der Waals surface area contributed by atoms with E-state index in [9.17, 15) is 9.59 Å². The maximum absolute atomic E-state index is 12.0. The molecule has 114 valence electrons. The standard InChI is InChI=1S/C13H13Cl2NO4S/c1-19-7-8(5-14)20-11(17)6-16-12-9(15)3-2-4-10(12)21-13(16)18/h2-4,8H,5-7H2,1H3/t8-/m0/s1. The summed E-state index contributed by atoms with van der Waals surface area (Å²) in [7, 11) is 1.49. The summed E-state index contributed by atoms with van der Waals surface area (Å²) >= 11 is 12.8. The molecular weight excluding hydrogens is 337 g/mol. The average molecular weight is 350 g/mol. The lowest BCUT2D eigenvalue weighted by Gasteiger charge is -2.14. The second-order valence-corrected chi connectivity index (χ2v) is 5.97. The van der Waals surface area contributed by atoms with Crippen LogP contribution in [0.25, 0.3) is 10.2 Å². The largest absolute Gasteiger partial charge is 0.457 e. The van der Waals surface area contributed by atoms with Gasteiger partial charge in [-0.05, 0) is 12.1 Å². The van der Waals surface area contributed by atoms with E-state index >= 15 is 0 Å². The van der Waals surface area contributed by atoms with Gasteiger partial charge in [-0.1, -0.05) is 29.0 Å². The van der Waals surface area contributed by atoms with E-state index in [1.807, 2.05) is 0 Å². The number of benzene rings is 1. The van der Waals surface area contributed by atoms with Gasteiger partial charge in [0, 0.05) is 7.11 Å². The van der Waals surface area contributed by atoms with Gasteiger partial charge in [-0.15, -0.1) is 11.6 Å². The van der Waals surface area contributed by atoms with Gasteiger partial charge in [0.05, 0.1) is 27.7 Å². The van der Waals surface area contributed by atoms with E-state index in [0.29, 0.717) is 10.5 Å². The predicted octanol–water partition coefficient (Wildman–Crippen LogP) is 2.51. The van der Waals surface area contributed by atoms with E-state index in [-0.39, 0.29) is 23.9 Å². The van der Waals surface area contributed by atoms with Crippen molar-refractivity contribution in [1.29, 1.82) is 0 Å². The summed E-state index contributed by atoms with van der Waals surface area (Å²) in [4.78, 5) is 23.6. The molecule has 0 bridgehead atoms. The highest BCUT2D eigenvalue weighted by Gasteiger charge is 2.17. The highest BCUT2D eigenvalue weighted by Crippen LogP contribution is 2.25. The van der Waals surface area contributed by atoms with Crippen molar-refractivity contribution in [2.75, 3.05) is 19.6 Å². The molecule has 8 heteroatoms. The minimum atomic E-state index is -0.556. The fourth-order valence-electron chi connectivity index (χ4n) is 1.87. The molecule has 0 unspecified atom stereocenters. The molecule has 1 atom stereocenters. The summed E-state index contributed by atoms with van der Waals surface area (Å²) in [6, 6.07) is 5.21. The lowest BCUT2D eigenvalue weighted by atomic mass is 10.3. The van der Waals surface area contributed by atoms with Crippen molar-refractivity contribution in [3.8, 4) is 0 Å². The lowest BCUT2D eigenvalue weighted by molar-refractivity contribution is -0.150. The van der Waals surface area contributed by atoms with E-state index in [0.717, 1.165) is 16.0 Å². The van der Waals surface area contributed by atoms with Gasteiger partial charge in [-0.3, -0.25) is 14.2 Å². The Morgan fingerprint density at radius 3 is 2.90 bits per heavy atom. The van der Waals surface area contributed by atoms with E-state index in [1.54, 1.807) is 18.2 Å². The van der Waals surface area contributed by atoms with Crippen molar-refractivity contribution in [1.82, 2.24) is 4.57 Å². The zero-order valence-electron chi connectivity index (χ0n) is 11.2. The number of hydrogen-bond acceptors (Lipinski definition) is 5. The zero-order chi connectivity index (χ0) is 15.4. The first kappa shape index (κ1) is 16.3. The van der Waals surface area contributed by atoms with Crippen molar-refractivity contribution < 1.29 is 14.3 Å². The van der Waals surface area contributed by atoms with Crippen molar-refractivity contribution in [2.45, 2.75) is 12.6 Å². The summed E-state index contributed by atoms with van der Waals surface area (Å²) < 4.78 is 12.1. The first-order chi connectivity index (χ1) is 10.1. The van der Waals surface area contributed by atoms with Crippen LogP contribution >= 0.6 is 34.5 Å². The number of thiazole rings is 1. The molecule has 5 nitrogen and oxygen atoms in total. The van der Waals surface area contributed by atoms with Crippen LogP contribution in [-0.4, -0.2) is 36.2 Å². The smallest absolute Gasteiger partial charge is 0.326 e. The normalized spacial score (nSPS) is 12.5. The molecular formula is C13H13Cl2NO4S. The number of esters is 1. The molecule has 0 amide bonds.